The molecule has 35 heavy (non-hydrogen) atoms. The third kappa shape index (κ3) is 6.38. The summed E-state index contributed by atoms with van der Waals surface area (Å²) in [5.74, 6) is 5.69. The highest BCUT2D eigenvalue weighted by molar-refractivity contribution is 7.89. The van der Waals surface area contributed by atoms with Gasteiger partial charge in [0.2, 0.25) is 15.9 Å². The van der Waals surface area contributed by atoms with Crippen LogP contribution in [0.5, 0.6) is 5.75 Å². The number of sulfonamides is 1. The van der Waals surface area contributed by atoms with Gasteiger partial charge in [-0.1, -0.05) is 18.8 Å². The minimum Gasteiger partial charge on any atom is -0.487 e. The van der Waals surface area contributed by atoms with Gasteiger partial charge < -0.3 is 19.5 Å². The fraction of sp³-hybridized carbons (Fsp3) is 0.440. The molecule has 1 N–H and O–H groups in total. The summed E-state index contributed by atoms with van der Waals surface area (Å²) in [4.78, 5) is 17.8. The van der Waals surface area contributed by atoms with Gasteiger partial charge in [-0.2, -0.15) is 4.31 Å². The van der Waals surface area contributed by atoms with Gasteiger partial charge in [0.05, 0.1) is 13.2 Å². The van der Waals surface area contributed by atoms with E-state index in [0.717, 1.165) is 5.56 Å². The topological polar surface area (TPSA) is 109 Å². The molecule has 3 rings (SSSR count). The molecule has 1 aliphatic rings. The number of rotatable bonds is 6. The Bertz CT molecular complexity index is 1190. The molecule has 2 aromatic rings. The van der Waals surface area contributed by atoms with Crippen LogP contribution in [-0.2, 0) is 19.6 Å². The highest BCUT2D eigenvalue weighted by atomic mass is 32.2. The number of aliphatic hydroxyl groups excluding tert-OH is 1. The van der Waals surface area contributed by atoms with Crippen LogP contribution < -0.4 is 4.74 Å². The van der Waals surface area contributed by atoms with Crippen LogP contribution in [0, 0.1) is 17.8 Å². The average Bonchev–Trinajstić information content (AvgIpc) is 2.85. The van der Waals surface area contributed by atoms with E-state index >= 15 is 0 Å². The quantitative estimate of drug-likeness (QED) is 0.595. The molecule has 1 aliphatic heterocycles. The lowest BCUT2D eigenvalue weighted by molar-refractivity contribution is -0.135. The molecule has 10 heteroatoms. The Morgan fingerprint density at radius 3 is 2.74 bits per heavy atom. The van der Waals surface area contributed by atoms with E-state index in [2.05, 4.69) is 16.8 Å². The number of fused-ring (bicyclic) bond motifs is 1. The lowest BCUT2D eigenvalue weighted by Gasteiger charge is -2.37. The Kier molecular flexibility index (Phi) is 8.86. The number of hydrogen-bond acceptors (Lipinski definition) is 7. The van der Waals surface area contributed by atoms with Crippen molar-refractivity contribution in [3.8, 4) is 17.6 Å². The lowest BCUT2D eigenvalue weighted by Crippen LogP contribution is -2.50. The minimum atomic E-state index is -3.96. The Hall–Kier alpha value is -2.97. The van der Waals surface area contributed by atoms with E-state index in [4.69, 9.17) is 9.47 Å². The van der Waals surface area contributed by atoms with Crippen molar-refractivity contribution >= 4 is 15.9 Å². The normalized spacial score (nSPS) is 20.3. The molecule has 0 bridgehead atoms. The number of hydrogen-bond donors (Lipinski definition) is 1. The molecule has 0 aliphatic carbocycles. The number of aliphatic hydroxyl groups is 1. The van der Waals surface area contributed by atoms with Gasteiger partial charge in [-0.3, -0.25) is 9.78 Å². The molecule has 0 radical (unpaired) electrons. The van der Waals surface area contributed by atoms with Crippen LogP contribution in [0.2, 0.25) is 0 Å². The van der Waals surface area contributed by atoms with Crippen molar-refractivity contribution in [1.29, 1.82) is 0 Å². The number of pyridine rings is 1. The molecule has 3 atom stereocenters. The molecule has 1 amide bonds. The van der Waals surface area contributed by atoms with Crippen LogP contribution >= 0.6 is 0 Å². The van der Waals surface area contributed by atoms with Gasteiger partial charge in [-0.25, -0.2) is 8.42 Å². The maximum Gasteiger partial charge on any atom is 0.248 e. The fourth-order valence-electron chi connectivity index (χ4n) is 3.71. The molecular formula is C25H31N3O6S. The van der Waals surface area contributed by atoms with E-state index in [9.17, 15) is 18.3 Å². The predicted molar refractivity (Wildman–Crippen MR) is 130 cm³/mol. The summed E-state index contributed by atoms with van der Waals surface area (Å²) in [6.07, 6.45) is 2.79. The Balaban J connectivity index is 2.04. The number of benzene rings is 1. The first-order valence-electron chi connectivity index (χ1n) is 11.3. The first kappa shape index (κ1) is 26.6. The van der Waals surface area contributed by atoms with Gasteiger partial charge in [-0.05, 0) is 37.3 Å². The van der Waals surface area contributed by atoms with Crippen LogP contribution in [0.25, 0.3) is 0 Å². The van der Waals surface area contributed by atoms with Gasteiger partial charge in [0.15, 0.2) is 0 Å². The first-order chi connectivity index (χ1) is 16.7. The maximum atomic E-state index is 13.5. The van der Waals surface area contributed by atoms with E-state index in [1.54, 1.807) is 44.6 Å². The van der Waals surface area contributed by atoms with Crippen LogP contribution in [0.15, 0.2) is 47.6 Å². The molecule has 1 aromatic carbocycles. The van der Waals surface area contributed by atoms with E-state index < -0.39 is 22.2 Å². The molecule has 0 saturated carbocycles. The van der Waals surface area contributed by atoms with E-state index in [1.807, 2.05) is 13.0 Å². The van der Waals surface area contributed by atoms with Crippen molar-refractivity contribution in [2.24, 2.45) is 5.92 Å². The number of carbonyl (C=O) groups excluding carboxylic acids is 1. The fourth-order valence-corrected chi connectivity index (χ4v) is 5.53. The molecule has 0 fully saturated rings. The summed E-state index contributed by atoms with van der Waals surface area (Å²) >= 11 is 0. The Morgan fingerprint density at radius 1 is 1.34 bits per heavy atom. The zero-order chi connectivity index (χ0) is 25.6. The summed E-state index contributed by atoms with van der Waals surface area (Å²) in [6.45, 7) is 3.49. The van der Waals surface area contributed by atoms with Gasteiger partial charge in [0.1, 0.15) is 23.4 Å². The van der Waals surface area contributed by atoms with Crippen molar-refractivity contribution in [2.75, 3.05) is 40.5 Å². The molecule has 2 heterocycles. The lowest BCUT2D eigenvalue weighted by atomic mass is 10.0. The van der Waals surface area contributed by atoms with Gasteiger partial charge in [-0.15, -0.1) is 0 Å². The number of carbonyl (C=O) groups is 1. The molecule has 1 aromatic heterocycles. The largest absolute Gasteiger partial charge is 0.487 e. The number of nitrogens with zero attached hydrogens (tertiary/aromatic N) is 3. The molecule has 0 saturated heterocycles. The summed E-state index contributed by atoms with van der Waals surface area (Å²) in [5, 5.41) is 9.75. The molecule has 0 unspecified atom stereocenters. The highest BCUT2D eigenvalue weighted by Crippen LogP contribution is 2.34. The van der Waals surface area contributed by atoms with Gasteiger partial charge in [0.25, 0.3) is 0 Å². The van der Waals surface area contributed by atoms with Crippen LogP contribution in [-0.4, -0.2) is 86.2 Å². The van der Waals surface area contributed by atoms with Gasteiger partial charge >= 0.3 is 0 Å². The van der Waals surface area contributed by atoms with E-state index in [1.165, 1.54) is 22.4 Å². The standard InChI is InChI=1S/C25H31N3O6S/c1-18-14-28(19(2)16-29)35(31,32)24-10-9-20(7-8-21-6-5-11-26-13-21)12-22(24)34-23(18)15-27(3)25(30)17-33-4/h5-6,9-13,18-19,23,29H,14-17H2,1-4H3/t18-,19-,23+/m1/s1. The maximum absolute atomic E-state index is 13.5. The SMILES string of the molecule is COCC(=O)N(C)C[C@@H]1Oc2cc(C#Cc3cccnc3)ccc2S(=O)(=O)N([C@H](C)CO)C[C@H]1C. The van der Waals surface area contributed by atoms with Crippen molar-refractivity contribution < 1.29 is 27.8 Å². The zero-order valence-corrected chi connectivity index (χ0v) is 21.2. The number of aromatic nitrogens is 1. The van der Waals surface area contributed by atoms with Crippen LogP contribution in [0.1, 0.15) is 25.0 Å². The first-order valence-corrected chi connectivity index (χ1v) is 12.7. The predicted octanol–water partition coefficient (Wildman–Crippen LogP) is 1.35. The van der Waals surface area contributed by atoms with Crippen LogP contribution in [0.4, 0.5) is 0 Å². The second-order valence-electron chi connectivity index (χ2n) is 8.60. The van der Waals surface area contributed by atoms with Crippen molar-refractivity contribution in [2.45, 2.75) is 30.9 Å². The third-order valence-corrected chi connectivity index (χ3v) is 7.85. The molecular weight excluding hydrogens is 470 g/mol. The minimum absolute atomic E-state index is 0.00695. The summed E-state index contributed by atoms with van der Waals surface area (Å²) in [5.41, 5.74) is 1.29. The second kappa shape index (κ2) is 11.6. The summed E-state index contributed by atoms with van der Waals surface area (Å²) < 4.78 is 39.6. The zero-order valence-electron chi connectivity index (χ0n) is 20.3. The smallest absolute Gasteiger partial charge is 0.248 e. The summed E-state index contributed by atoms with van der Waals surface area (Å²) in [7, 11) is -0.859. The molecule has 0 spiro atoms. The summed E-state index contributed by atoms with van der Waals surface area (Å²) in [6, 6.07) is 7.67. The van der Waals surface area contributed by atoms with Crippen molar-refractivity contribution in [3.63, 3.8) is 0 Å². The number of ether oxygens (including phenoxy) is 2. The molecule has 188 valence electrons. The van der Waals surface area contributed by atoms with Crippen molar-refractivity contribution in [3.05, 3.63) is 53.9 Å². The number of likely N-dealkylation sites (N-methyl/N-ethyl adjacent to an activating group) is 1. The second-order valence-corrected chi connectivity index (χ2v) is 10.5. The molecule has 9 nitrogen and oxygen atoms in total. The Morgan fingerprint density at radius 2 is 2.09 bits per heavy atom. The number of methoxy groups -OCH3 is 1. The van der Waals surface area contributed by atoms with E-state index in [0.29, 0.717) is 5.56 Å². The Labute approximate surface area is 206 Å². The number of amides is 1. The van der Waals surface area contributed by atoms with Crippen LogP contribution in [0.3, 0.4) is 0 Å². The third-order valence-electron chi connectivity index (χ3n) is 5.83. The van der Waals surface area contributed by atoms with E-state index in [-0.39, 0.29) is 48.8 Å². The average molecular weight is 502 g/mol. The van der Waals surface area contributed by atoms with Gasteiger partial charge in [0, 0.05) is 56.2 Å². The highest BCUT2D eigenvalue weighted by Gasteiger charge is 2.38. The van der Waals surface area contributed by atoms with Crippen molar-refractivity contribution in [1.82, 2.24) is 14.2 Å². The monoisotopic (exact) mass is 501 g/mol.